The van der Waals surface area contributed by atoms with Gasteiger partial charge in [0.05, 0.1) is 6.33 Å². The molecule has 2 rings (SSSR count). The van der Waals surface area contributed by atoms with E-state index in [1.165, 1.54) is 25.7 Å². The number of Topliss-reactive ketones (excluding diaryl/α,β-unsaturated/α-hetero) is 1. The zero-order chi connectivity index (χ0) is 20.2. The van der Waals surface area contributed by atoms with Gasteiger partial charge >= 0.3 is 0 Å². The Hall–Kier alpha value is -2.10. The molecule has 0 bridgehead atoms. The molecule has 1 heterocycles. The number of aromatic nitrogens is 2. The summed E-state index contributed by atoms with van der Waals surface area (Å²) in [5.74, 6) is 1.59. The first-order valence-electron chi connectivity index (χ1n) is 10.3. The molecule has 2 aromatic rings. The van der Waals surface area contributed by atoms with E-state index in [-0.39, 0.29) is 17.7 Å². The van der Waals surface area contributed by atoms with Crippen LogP contribution in [0.1, 0.15) is 78.3 Å². The van der Waals surface area contributed by atoms with E-state index in [4.69, 9.17) is 5.73 Å². The number of hydrogen-bond acceptors (Lipinski definition) is 3. The molecule has 0 spiro atoms. The fourth-order valence-electron chi connectivity index (χ4n) is 3.21. The molecule has 2 atom stereocenters. The third-order valence-corrected chi connectivity index (χ3v) is 4.97. The molecule has 1 aromatic carbocycles. The molecule has 0 aliphatic rings. The average Bonchev–Trinajstić information content (AvgIpc) is 3.09. The van der Waals surface area contributed by atoms with Gasteiger partial charge in [-0.05, 0) is 17.9 Å². The summed E-state index contributed by atoms with van der Waals surface area (Å²) in [6.45, 7) is 10.8. The number of carbonyl (C=O) groups excluding carboxylic acids is 1. The molecular formula is C23H37N3O. The van der Waals surface area contributed by atoms with E-state index in [0.717, 1.165) is 17.9 Å². The molecule has 1 aromatic heterocycles. The molecule has 4 nitrogen and oxygen atoms in total. The summed E-state index contributed by atoms with van der Waals surface area (Å²) in [5, 5.41) is 0. The minimum absolute atomic E-state index is 0.00818. The van der Waals surface area contributed by atoms with Gasteiger partial charge in [-0.3, -0.25) is 4.79 Å². The maximum atomic E-state index is 12.6. The van der Waals surface area contributed by atoms with Crippen LogP contribution in [0.3, 0.4) is 0 Å². The summed E-state index contributed by atoms with van der Waals surface area (Å²) in [6.07, 6.45) is 9.67. The lowest BCUT2D eigenvalue weighted by Gasteiger charge is -2.20. The van der Waals surface area contributed by atoms with Crippen LogP contribution in [-0.4, -0.2) is 15.3 Å². The number of hydrogen-bond donors (Lipinski definition) is 1. The summed E-state index contributed by atoms with van der Waals surface area (Å²) >= 11 is 0. The van der Waals surface area contributed by atoms with Crippen molar-refractivity contribution in [1.29, 1.82) is 0 Å². The van der Waals surface area contributed by atoms with E-state index in [0.29, 0.717) is 5.82 Å². The van der Waals surface area contributed by atoms with Gasteiger partial charge in [0, 0.05) is 12.1 Å². The molecule has 150 valence electrons. The highest BCUT2D eigenvalue weighted by molar-refractivity contribution is 5.87. The van der Waals surface area contributed by atoms with Gasteiger partial charge in [-0.25, -0.2) is 4.98 Å². The monoisotopic (exact) mass is 371 g/mol. The van der Waals surface area contributed by atoms with Gasteiger partial charge in [-0.15, -0.1) is 0 Å². The lowest BCUT2D eigenvalue weighted by molar-refractivity contribution is -0.124. The Balaban J connectivity index is 0.000000387. The normalized spacial score (nSPS) is 13.0. The van der Waals surface area contributed by atoms with E-state index in [9.17, 15) is 4.79 Å². The van der Waals surface area contributed by atoms with Gasteiger partial charge in [-0.2, -0.15) is 0 Å². The molecule has 0 aliphatic carbocycles. The van der Waals surface area contributed by atoms with E-state index >= 15 is 0 Å². The maximum absolute atomic E-state index is 12.6. The lowest BCUT2D eigenvalue weighted by atomic mass is 9.92. The van der Waals surface area contributed by atoms with E-state index in [1.807, 2.05) is 44.2 Å². The lowest BCUT2D eigenvalue weighted by Crippen LogP contribution is -2.25. The van der Waals surface area contributed by atoms with Crippen LogP contribution >= 0.6 is 0 Å². The summed E-state index contributed by atoms with van der Waals surface area (Å²) < 4.78 is 1.79. The number of rotatable bonds is 9. The molecule has 0 saturated heterocycles. The fourth-order valence-corrected chi connectivity index (χ4v) is 3.21. The van der Waals surface area contributed by atoms with Crippen molar-refractivity contribution in [2.75, 3.05) is 5.73 Å². The third-order valence-electron chi connectivity index (χ3n) is 4.97. The zero-order valence-corrected chi connectivity index (χ0v) is 17.7. The Morgan fingerprint density at radius 1 is 1.07 bits per heavy atom. The van der Waals surface area contributed by atoms with Crippen LogP contribution in [0, 0.1) is 11.8 Å². The van der Waals surface area contributed by atoms with Gasteiger partial charge in [0.15, 0.2) is 5.78 Å². The number of anilines is 1. The summed E-state index contributed by atoms with van der Waals surface area (Å²) in [7, 11) is 0. The first kappa shape index (κ1) is 22.9. The highest BCUT2D eigenvalue weighted by Crippen LogP contribution is 2.24. The number of nitrogen functional groups attached to an aromatic ring is 1. The van der Waals surface area contributed by atoms with Crippen LogP contribution in [0.25, 0.3) is 0 Å². The number of benzene rings is 1. The fraction of sp³-hybridized carbons (Fsp3) is 0.565. The molecule has 2 unspecified atom stereocenters. The second-order valence-corrected chi connectivity index (χ2v) is 7.45. The molecule has 0 fully saturated rings. The summed E-state index contributed by atoms with van der Waals surface area (Å²) in [5.41, 5.74) is 6.62. The number of imidazole rings is 1. The molecule has 4 heteroatoms. The molecule has 0 amide bonds. The van der Waals surface area contributed by atoms with Crippen LogP contribution < -0.4 is 5.73 Å². The van der Waals surface area contributed by atoms with E-state index < -0.39 is 0 Å². The highest BCUT2D eigenvalue weighted by Gasteiger charge is 2.25. The first-order valence-corrected chi connectivity index (χ1v) is 10.3. The Kier molecular flexibility index (Phi) is 10.5. The Morgan fingerprint density at radius 3 is 2.11 bits per heavy atom. The standard InChI is InChI=1S/C15H19N3O.C8H18/c1-3-11(2)15(19)14(12-7-5-4-6-8-12)18-9-13(16)17-10-18;1-4-6-8(3)7-5-2/h4-11,14H,3,16H2,1-2H3;8H,4-7H2,1-3H3. The largest absolute Gasteiger partial charge is 0.382 e. The second-order valence-electron chi connectivity index (χ2n) is 7.45. The topological polar surface area (TPSA) is 60.9 Å². The van der Waals surface area contributed by atoms with Crippen molar-refractivity contribution in [3.63, 3.8) is 0 Å². The minimum Gasteiger partial charge on any atom is -0.382 e. The molecular weight excluding hydrogens is 334 g/mol. The zero-order valence-electron chi connectivity index (χ0n) is 17.7. The van der Waals surface area contributed by atoms with Crippen LogP contribution in [0.2, 0.25) is 0 Å². The van der Waals surface area contributed by atoms with Crippen molar-refractivity contribution < 1.29 is 4.79 Å². The van der Waals surface area contributed by atoms with Crippen molar-refractivity contribution >= 4 is 11.6 Å². The van der Waals surface area contributed by atoms with E-state index in [1.54, 1.807) is 17.1 Å². The van der Waals surface area contributed by atoms with Gasteiger partial charge in [0.25, 0.3) is 0 Å². The van der Waals surface area contributed by atoms with Crippen molar-refractivity contribution in [3.8, 4) is 0 Å². The van der Waals surface area contributed by atoms with Gasteiger partial charge in [-0.1, -0.05) is 90.6 Å². The van der Waals surface area contributed by atoms with Crippen molar-refractivity contribution in [2.45, 2.75) is 72.8 Å². The van der Waals surface area contributed by atoms with Crippen LogP contribution in [0.5, 0.6) is 0 Å². The quantitative estimate of drug-likeness (QED) is 0.597. The SMILES string of the molecule is CCC(C)C(=O)C(c1ccccc1)n1cnc(N)c1.CCCC(C)CCC. The Labute approximate surface area is 165 Å². The molecule has 27 heavy (non-hydrogen) atoms. The van der Waals surface area contributed by atoms with Crippen molar-refractivity contribution in [2.24, 2.45) is 11.8 Å². The minimum atomic E-state index is -0.346. The Bertz CT molecular complexity index is 645. The molecule has 0 saturated carbocycles. The summed E-state index contributed by atoms with van der Waals surface area (Å²) in [6, 6.07) is 9.39. The number of carbonyl (C=O) groups is 1. The van der Waals surface area contributed by atoms with Crippen molar-refractivity contribution in [3.05, 3.63) is 48.4 Å². The van der Waals surface area contributed by atoms with Gasteiger partial charge in [0.2, 0.25) is 0 Å². The average molecular weight is 372 g/mol. The summed E-state index contributed by atoms with van der Waals surface area (Å²) in [4.78, 5) is 16.6. The van der Waals surface area contributed by atoms with Crippen LogP contribution in [0.4, 0.5) is 5.82 Å². The number of ketones is 1. The van der Waals surface area contributed by atoms with Gasteiger partial charge in [0.1, 0.15) is 11.9 Å². The number of nitrogens with zero attached hydrogens (tertiary/aromatic N) is 2. The number of nitrogens with two attached hydrogens (primary N) is 1. The maximum Gasteiger partial charge on any atom is 0.162 e. The van der Waals surface area contributed by atoms with Gasteiger partial charge < -0.3 is 10.3 Å². The highest BCUT2D eigenvalue weighted by atomic mass is 16.1. The predicted molar refractivity (Wildman–Crippen MR) is 115 cm³/mol. The van der Waals surface area contributed by atoms with Crippen LogP contribution in [-0.2, 0) is 4.79 Å². The molecule has 2 N–H and O–H groups in total. The van der Waals surface area contributed by atoms with E-state index in [2.05, 4.69) is 25.8 Å². The first-order chi connectivity index (χ1) is 12.9. The third kappa shape index (κ3) is 7.58. The molecule has 0 aliphatic heterocycles. The second kappa shape index (κ2) is 12.3. The van der Waals surface area contributed by atoms with Crippen LogP contribution in [0.15, 0.2) is 42.9 Å². The predicted octanol–water partition coefficient (Wildman–Crippen LogP) is 5.89. The Morgan fingerprint density at radius 2 is 1.67 bits per heavy atom. The smallest absolute Gasteiger partial charge is 0.162 e. The molecule has 0 radical (unpaired) electrons. The van der Waals surface area contributed by atoms with Crippen molar-refractivity contribution in [1.82, 2.24) is 9.55 Å².